The molecule has 156 valence electrons. The normalized spacial score (nSPS) is 12.2. The minimum Gasteiger partial charge on any atom is -0.478 e. The minimum absolute atomic E-state index is 0.0174. The van der Waals surface area contributed by atoms with Crippen LogP contribution in [-0.4, -0.2) is 26.4 Å². The van der Waals surface area contributed by atoms with E-state index >= 15 is 0 Å². The number of carboxylic acid groups (broad SMARTS) is 1. The lowest BCUT2D eigenvalue weighted by molar-refractivity contribution is -0.0328. The van der Waals surface area contributed by atoms with Crippen LogP contribution in [0.3, 0.4) is 0 Å². The Hall–Kier alpha value is -3.07. The molecule has 0 saturated heterocycles. The lowest BCUT2D eigenvalue weighted by Gasteiger charge is -2.05. The first-order chi connectivity index (χ1) is 14.1. The first-order valence-electron chi connectivity index (χ1n) is 8.71. The van der Waals surface area contributed by atoms with Crippen LogP contribution in [0.1, 0.15) is 32.9 Å². The third kappa shape index (κ3) is 5.73. The largest absolute Gasteiger partial charge is 0.478 e. The lowest BCUT2D eigenvalue weighted by atomic mass is 10.1. The molecule has 0 atom stereocenters. The van der Waals surface area contributed by atoms with Gasteiger partial charge in [-0.05, 0) is 66.2 Å². The number of thioether (sulfide) groups is 1. The highest BCUT2D eigenvalue weighted by molar-refractivity contribution is 8.00. The van der Waals surface area contributed by atoms with E-state index in [1.54, 1.807) is 29.8 Å². The second kappa shape index (κ2) is 8.74. The summed E-state index contributed by atoms with van der Waals surface area (Å²) in [5, 5.41) is 13.3. The van der Waals surface area contributed by atoms with E-state index in [2.05, 4.69) is 5.10 Å². The Morgan fingerprint density at radius 3 is 2.50 bits per heavy atom. The van der Waals surface area contributed by atoms with Crippen LogP contribution in [-0.2, 0) is 6.54 Å². The third-order valence-electron chi connectivity index (χ3n) is 4.14. The van der Waals surface area contributed by atoms with Gasteiger partial charge in [0.15, 0.2) is 5.83 Å². The highest BCUT2D eigenvalue weighted by Gasteiger charge is 2.28. The maximum Gasteiger partial charge on any atom is 0.446 e. The van der Waals surface area contributed by atoms with Gasteiger partial charge >= 0.3 is 11.5 Å². The summed E-state index contributed by atoms with van der Waals surface area (Å²) in [6, 6.07) is 13.3. The van der Waals surface area contributed by atoms with Crippen LogP contribution < -0.4 is 0 Å². The van der Waals surface area contributed by atoms with Gasteiger partial charge in [0.25, 0.3) is 0 Å². The molecular formula is C21H16F4N2O2S. The van der Waals surface area contributed by atoms with Crippen molar-refractivity contribution in [2.24, 2.45) is 0 Å². The van der Waals surface area contributed by atoms with Gasteiger partial charge < -0.3 is 5.11 Å². The lowest BCUT2D eigenvalue weighted by Crippen LogP contribution is -2.05. The average Bonchev–Trinajstić information content (AvgIpc) is 3.03. The highest BCUT2D eigenvalue weighted by Crippen LogP contribution is 2.36. The van der Waals surface area contributed by atoms with Crippen molar-refractivity contribution in [1.29, 1.82) is 0 Å². The number of rotatable bonds is 6. The smallest absolute Gasteiger partial charge is 0.446 e. The Balaban J connectivity index is 1.77. The Morgan fingerprint density at radius 2 is 1.87 bits per heavy atom. The zero-order valence-corrected chi connectivity index (χ0v) is 16.5. The van der Waals surface area contributed by atoms with Crippen molar-refractivity contribution >= 4 is 29.6 Å². The number of aromatic carboxylic acids is 1. The Morgan fingerprint density at radius 1 is 1.17 bits per heavy atom. The number of nitrogens with zero attached hydrogens (tertiary/aromatic N) is 2. The molecule has 0 spiro atoms. The summed E-state index contributed by atoms with van der Waals surface area (Å²) in [6.07, 6.45) is 1.19. The third-order valence-corrected chi connectivity index (χ3v) is 4.88. The molecule has 2 aromatic carbocycles. The zero-order valence-electron chi connectivity index (χ0n) is 15.7. The minimum atomic E-state index is -4.38. The fourth-order valence-electron chi connectivity index (χ4n) is 2.75. The summed E-state index contributed by atoms with van der Waals surface area (Å²) in [4.78, 5) is 11.1. The topological polar surface area (TPSA) is 55.1 Å². The molecule has 0 aliphatic carbocycles. The van der Waals surface area contributed by atoms with Gasteiger partial charge in [0.05, 0.1) is 12.1 Å². The predicted octanol–water partition coefficient (Wildman–Crippen LogP) is 6.02. The van der Waals surface area contributed by atoms with Gasteiger partial charge in [0.2, 0.25) is 0 Å². The van der Waals surface area contributed by atoms with Crippen LogP contribution in [0.4, 0.5) is 17.6 Å². The molecule has 30 heavy (non-hydrogen) atoms. The van der Waals surface area contributed by atoms with Crippen molar-refractivity contribution in [3.63, 3.8) is 0 Å². The van der Waals surface area contributed by atoms with E-state index in [-0.39, 0.29) is 34.5 Å². The van der Waals surface area contributed by atoms with Crippen LogP contribution in [0.5, 0.6) is 0 Å². The van der Waals surface area contributed by atoms with Crippen LogP contribution in [0, 0.1) is 6.92 Å². The molecule has 4 nitrogen and oxygen atoms in total. The molecule has 3 aromatic rings. The SMILES string of the molecule is Cc1cc(C(F)=Cc2ccc(SC(F)(F)F)cc2)nn1Cc1cccc(C(=O)O)c1. The van der Waals surface area contributed by atoms with Gasteiger partial charge in [-0.15, -0.1) is 0 Å². The highest BCUT2D eigenvalue weighted by atomic mass is 32.2. The number of hydrogen-bond acceptors (Lipinski definition) is 3. The summed E-state index contributed by atoms with van der Waals surface area (Å²) in [6.45, 7) is 2.01. The van der Waals surface area contributed by atoms with Gasteiger partial charge in [-0.25, -0.2) is 9.18 Å². The van der Waals surface area contributed by atoms with Gasteiger partial charge in [-0.2, -0.15) is 18.3 Å². The van der Waals surface area contributed by atoms with Crippen molar-refractivity contribution in [2.75, 3.05) is 0 Å². The van der Waals surface area contributed by atoms with E-state index in [9.17, 15) is 22.4 Å². The molecule has 0 fully saturated rings. The molecule has 1 aromatic heterocycles. The summed E-state index contributed by atoms with van der Waals surface area (Å²) in [5.41, 5.74) is -2.37. The second-order valence-corrected chi connectivity index (χ2v) is 7.58. The fraction of sp³-hybridized carbons (Fsp3) is 0.143. The fourth-order valence-corrected chi connectivity index (χ4v) is 3.29. The van der Waals surface area contributed by atoms with Gasteiger partial charge in [-0.1, -0.05) is 24.3 Å². The van der Waals surface area contributed by atoms with Crippen LogP contribution in [0.15, 0.2) is 59.5 Å². The van der Waals surface area contributed by atoms with Crippen LogP contribution >= 0.6 is 11.8 Å². The number of halogens is 4. The van der Waals surface area contributed by atoms with Crippen molar-refractivity contribution in [3.05, 3.63) is 82.7 Å². The van der Waals surface area contributed by atoms with Crippen molar-refractivity contribution in [3.8, 4) is 0 Å². The van der Waals surface area contributed by atoms with E-state index in [4.69, 9.17) is 5.11 Å². The Kier molecular flexibility index (Phi) is 6.31. The molecule has 9 heteroatoms. The molecule has 0 aliphatic rings. The van der Waals surface area contributed by atoms with Crippen molar-refractivity contribution in [2.45, 2.75) is 23.9 Å². The standard InChI is InChI=1S/C21H16F4N2O2S/c1-13-9-19(26-27(13)12-15-3-2-4-16(10-15)20(28)29)18(22)11-14-5-7-17(8-6-14)30-21(23,24)25/h2-11H,12H2,1H3,(H,28,29). The van der Waals surface area contributed by atoms with Crippen molar-refractivity contribution < 1.29 is 27.5 Å². The second-order valence-electron chi connectivity index (χ2n) is 6.44. The van der Waals surface area contributed by atoms with Crippen molar-refractivity contribution in [1.82, 2.24) is 9.78 Å². The van der Waals surface area contributed by atoms with E-state index in [1.165, 1.54) is 42.5 Å². The molecule has 0 unspecified atom stereocenters. The molecule has 1 N–H and O–H groups in total. The monoisotopic (exact) mass is 436 g/mol. The van der Waals surface area contributed by atoms with Gasteiger partial charge in [0, 0.05) is 10.6 Å². The molecular weight excluding hydrogens is 420 g/mol. The van der Waals surface area contributed by atoms with E-state index in [0.717, 1.165) is 0 Å². The molecule has 3 rings (SSSR count). The van der Waals surface area contributed by atoms with E-state index in [0.29, 0.717) is 16.8 Å². The van der Waals surface area contributed by atoms with Crippen LogP contribution in [0.2, 0.25) is 0 Å². The summed E-state index contributed by atoms with van der Waals surface area (Å²) in [7, 11) is 0. The number of alkyl halides is 3. The number of benzene rings is 2. The number of hydrogen-bond donors (Lipinski definition) is 1. The average molecular weight is 436 g/mol. The number of carbonyl (C=O) groups is 1. The number of carboxylic acids is 1. The van der Waals surface area contributed by atoms with E-state index < -0.39 is 17.3 Å². The quantitative estimate of drug-likeness (QED) is 0.379. The molecule has 0 aliphatic heterocycles. The summed E-state index contributed by atoms with van der Waals surface area (Å²) < 4.78 is 53.3. The van der Waals surface area contributed by atoms with E-state index in [1.807, 2.05) is 0 Å². The predicted molar refractivity (Wildman–Crippen MR) is 107 cm³/mol. The van der Waals surface area contributed by atoms with Crippen LogP contribution in [0.25, 0.3) is 11.9 Å². The maximum absolute atomic E-state index is 14.6. The Bertz CT molecular complexity index is 1090. The summed E-state index contributed by atoms with van der Waals surface area (Å²) in [5.74, 6) is -1.67. The van der Waals surface area contributed by atoms with Gasteiger partial charge in [0.1, 0.15) is 5.69 Å². The molecule has 0 bridgehead atoms. The number of aryl methyl sites for hydroxylation is 1. The molecule has 0 saturated carbocycles. The molecule has 0 radical (unpaired) electrons. The first kappa shape index (κ1) is 21.6. The summed E-state index contributed by atoms with van der Waals surface area (Å²) >= 11 is -0.233. The Labute approximate surface area is 173 Å². The maximum atomic E-state index is 14.6. The zero-order chi connectivity index (χ0) is 21.9. The van der Waals surface area contributed by atoms with Gasteiger partial charge in [-0.3, -0.25) is 4.68 Å². The molecule has 1 heterocycles. The first-order valence-corrected chi connectivity index (χ1v) is 9.52. The molecule has 0 amide bonds. The number of aromatic nitrogens is 2.